The lowest BCUT2D eigenvalue weighted by Crippen LogP contribution is -1.89. The zero-order chi connectivity index (χ0) is 17.1. The molecule has 0 saturated carbocycles. The van der Waals surface area contributed by atoms with Crippen molar-refractivity contribution in [1.29, 1.82) is 0 Å². The third-order valence-corrected chi connectivity index (χ3v) is 4.71. The first-order valence-corrected chi connectivity index (χ1v) is 8.85. The average molecular weight is 323 g/mol. The van der Waals surface area contributed by atoms with Crippen LogP contribution in [0.15, 0.2) is 83.9 Å². The molecule has 0 unspecified atom stereocenters. The molecule has 25 heavy (non-hydrogen) atoms. The van der Waals surface area contributed by atoms with Gasteiger partial charge in [-0.3, -0.25) is 4.99 Å². The van der Waals surface area contributed by atoms with Crippen LogP contribution in [0.3, 0.4) is 0 Å². The van der Waals surface area contributed by atoms with E-state index >= 15 is 0 Å². The Hall–Kier alpha value is -2.93. The molecule has 0 fully saturated rings. The molecular weight excluding hydrogens is 302 g/mol. The summed E-state index contributed by atoms with van der Waals surface area (Å²) in [6.45, 7) is 2.17. The minimum atomic E-state index is 0.839. The number of rotatable bonds is 4. The van der Waals surface area contributed by atoms with E-state index in [0.717, 1.165) is 18.5 Å². The summed E-state index contributed by atoms with van der Waals surface area (Å²) in [6.07, 6.45) is 3.91. The van der Waals surface area contributed by atoms with Crippen LogP contribution in [0.4, 0.5) is 5.69 Å². The molecule has 122 valence electrons. The SMILES string of the molecule is CCc1cccc(N=CCc2cccc3cc4ccccc4cc23)c1. The Labute approximate surface area is 148 Å². The van der Waals surface area contributed by atoms with Crippen molar-refractivity contribution < 1.29 is 0 Å². The number of nitrogens with zero attached hydrogens (tertiary/aromatic N) is 1. The largest absolute Gasteiger partial charge is 0.261 e. The molecule has 0 bridgehead atoms. The molecule has 0 radical (unpaired) electrons. The van der Waals surface area contributed by atoms with Gasteiger partial charge < -0.3 is 0 Å². The van der Waals surface area contributed by atoms with Gasteiger partial charge in [-0.2, -0.15) is 0 Å². The third kappa shape index (κ3) is 3.32. The van der Waals surface area contributed by atoms with Crippen molar-refractivity contribution in [3.05, 3.63) is 90.0 Å². The van der Waals surface area contributed by atoms with Crippen molar-refractivity contribution in [3.8, 4) is 0 Å². The van der Waals surface area contributed by atoms with Gasteiger partial charge in [-0.25, -0.2) is 0 Å². The Morgan fingerprint density at radius 1 is 0.760 bits per heavy atom. The Kier molecular flexibility index (Phi) is 4.30. The van der Waals surface area contributed by atoms with E-state index in [-0.39, 0.29) is 0 Å². The van der Waals surface area contributed by atoms with Gasteiger partial charge in [0.2, 0.25) is 0 Å². The molecule has 0 saturated heterocycles. The Balaban J connectivity index is 1.66. The number of fused-ring (bicyclic) bond motifs is 2. The normalized spacial score (nSPS) is 11.6. The van der Waals surface area contributed by atoms with Crippen LogP contribution in [-0.2, 0) is 12.8 Å². The molecule has 1 nitrogen and oxygen atoms in total. The van der Waals surface area contributed by atoms with Crippen molar-refractivity contribution in [2.75, 3.05) is 0 Å². The van der Waals surface area contributed by atoms with E-state index < -0.39 is 0 Å². The van der Waals surface area contributed by atoms with Crippen molar-refractivity contribution in [1.82, 2.24) is 0 Å². The van der Waals surface area contributed by atoms with Crippen LogP contribution in [0.25, 0.3) is 21.5 Å². The first-order chi connectivity index (χ1) is 12.3. The first-order valence-electron chi connectivity index (χ1n) is 8.85. The van der Waals surface area contributed by atoms with Gasteiger partial charge in [-0.05, 0) is 63.4 Å². The average Bonchev–Trinajstić information content (AvgIpc) is 2.67. The Morgan fingerprint density at radius 2 is 1.52 bits per heavy atom. The van der Waals surface area contributed by atoms with E-state index in [1.807, 2.05) is 6.21 Å². The molecule has 0 aliphatic rings. The van der Waals surface area contributed by atoms with E-state index in [4.69, 9.17) is 0 Å². The second-order valence-electron chi connectivity index (χ2n) is 6.38. The highest BCUT2D eigenvalue weighted by Gasteiger charge is 2.02. The second-order valence-corrected chi connectivity index (χ2v) is 6.38. The summed E-state index contributed by atoms with van der Waals surface area (Å²) in [5.74, 6) is 0. The van der Waals surface area contributed by atoms with Gasteiger partial charge in [0.05, 0.1) is 5.69 Å². The van der Waals surface area contributed by atoms with Gasteiger partial charge in [0.1, 0.15) is 0 Å². The summed E-state index contributed by atoms with van der Waals surface area (Å²) in [5, 5.41) is 5.18. The molecule has 1 heteroatoms. The van der Waals surface area contributed by atoms with E-state index in [1.54, 1.807) is 0 Å². The highest BCUT2D eigenvalue weighted by molar-refractivity contribution is 6.00. The van der Waals surface area contributed by atoms with Gasteiger partial charge in [-0.1, -0.05) is 61.5 Å². The minimum absolute atomic E-state index is 0.839. The molecule has 0 aromatic heterocycles. The van der Waals surface area contributed by atoms with Crippen molar-refractivity contribution in [2.45, 2.75) is 19.8 Å². The van der Waals surface area contributed by atoms with Crippen LogP contribution in [-0.4, -0.2) is 6.21 Å². The lowest BCUT2D eigenvalue weighted by Gasteiger charge is -2.07. The molecule has 0 heterocycles. The van der Waals surface area contributed by atoms with Crippen LogP contribution in [0, 0.1) is 0 Å². The molecule has 0 spiro atoms. The lowest BCUT2D eigenvalue weighted by atomic mass is 9.98. The number of hydrogen-bond acceptors (Lipinski definition) is 1. The smallest absolute Gasteiger partial charge is 0.0628 e. The van der Waals surface area contributed by atoms with Crippen molar-refractivity contribution in [3.63, 3.8) is 0 Å². The summed E-state index contributed by atoms with van der Waals surface area (Å²) in [4.78, 5) is 4.65. The number of aryl methyl sites for hydroxylation is 1. The fraction of sp³-hybridized carbons (Fsp3) is 0.125. The van der Waals surface area contributed by atoms with Gasteiger partial charge in [0, 0.05) is 12.6 Å². The van der Waals surface area contributed by atoms with E-state index in [1.165, 1.54) is 32.7 Å². The van der Waals surface area contributed by atoms with Crippen molar-refractivity contribution in [2.24, 2.45) is 4.99 Å². The highest BCUT2D eigenvalue weighted by Crippen LogP contribution is 2.25. The summed E-state index contributed by atoms with van der Waals surface area (Å²) in [7, 11) is 0. The Morgan fingerprint density at radius 3 is 2.36 bits per heavy atom. The van der Waals surface area contributed by atoms with Crippen LogP contribution in [0.2, 0.25) is 0 Å². The summed E-state index contributed by atoms with van der Waals surface area (Å²) < 4.78 is 0. The molecule has 4 aromatic carbocycles. The van der Waals surface area contributed by atoms with Gasteiger partial charge in [0.15, 0.2) is 0 Å². The molecule has 0 amide bonds. The molecule has 0 atom stereocenters. The number of hydrogen-bond donors (Lipinski definition) is 0. The fourth-order valence-electron chi connectivity index (χ4n) is 3.32. The zero-order valence-corrected chi connectivity index (χ0v) is 14.4. The van der Waals surface area contributed by atoms with Gasteiger partial charge >= 0.3 is 0 Å². The zero-order valence-electron chi connectivity index (χ0n) is 14.4. The van der Waals surface area contributed by atoms with E-state index in [9.17, 15) is 0 Å². The summed E-state index contributed by atoms with van der Waals surface area (Å²) in [6, 6.07) is 28.1. The van der Waals surface area contributed by atoms with Gasteiger partial charge in [-0.15, -0.1) is 0 Å². The molecule has 0 aliphatic heterocycles. The topological polar surface area (TPSA) is 12.4 Å². The highest BCUT2D eigenvalue weighted by atomic mass is 14.7. The standard InChI is InChI=1S/C24H21N/c1-2-18-7-5-12-23(15-18)25-14-13-19-10-6-11-22-16-20-8-3-4-9-21(20)17-24(19)22/h3-12,14-17H,2,13H2,1H3. The second kappa shape index (κ2) is 6.90. The van der Waals surface area contributed by atoms with Crippen LogP contribution >= 0.6 is 0 Å². The van der Waals surface area contributed by atoms with E-state index in [2.05, 4.69) is 90.8 Å². The monoisotopic (exact) mass is 323 g/mol. The predicted octanol–water partition coefficient (Wildman–Crippen LogP) is 6.50. The molecular formula is C24H21N. The first kappa shape index (κ1) is 15.6. The third-order valence-electron chi connectivity index (χ3n) is 4.71. The number of benzene rings is 4. The predicted molar refractivity (Wildman–Crippen MR) is 109 cm³/mol. The lowest BCUT2D eigenvalue weighted by molar-refractivity contribution is 1.14. The summed E-state index contributed by atoms with van der Waals surface area (Å²) >= 11 is 0. The minimum Gasteiger partial charge on any atom is -0.261 e. The maximum absolute atomic E-state index is 4.65. The van der Waals surface area contributed by atoms with E-state index in [0.29, 0.717) is 0 Å². The molecule has 4 rings (SSSR count). The Bertz CT molecular complexity index is 1060. The quantitative estimate of drug-likeness (QED) is 0.300. The van der Waals surface area contributed by atoms with Crippen LogP contribution < -0.4 is 0 Å². The summed E-state index contributed by atoms with van der Waals surface area (Å²) in [5.41, 5.74) is 3.68. The van der Waals surface area contributed by atoms with Gasteiger partial charge in [0.25, 0.3) is 0 Å². The van der Waals surface area contributed by atoms with Crippen LogP contribution in [0.1, 0.15) is 18.1 Å². The van der Waals surface area contributed by atoms with Crippen molar-refractivity contribution >= 4 is 33.4 Å². The maximum atomic E-state index is 4.65. The molecule has 0 aliphatic carbocycles. The number of aliphatic imine (C=N–C) groups is 1. The fourth-order valence-corrected chi connectivity index (χ4v) is 3.32. The molecule has 4 aromatic rings. The van der Waals surface area contributed by atoms with Crippen LogP contribution in [0.5, 0.6) is 0 Å². The maximum Gasteiger partial charge on any atom is 0.0628 e. The molecule has 0 N–H and O–H groups in total.